The van der Waals surface area contributed by atoms with Gasteiger partial charge in [0.05, 0.1) is 7.11 Å². The Bertz CT molecular complexity index is 455. The second-order valence-electron chi connectivity index (χ2n) is 3.97. The Morgan fingerprint density at radius 1 is 1.00 bits per heavy atom. The number of methoxy groups -OCH3 is 1. The van der Waals surface area contributed by atoms with Crippen LogP contribution in [0.25, 0.3) is 0 Å². The number of ether oxygens (including phenoxy) is 1. The minimum Gasteiger partial charge on any atom is -0.497 e. The molecule has 0 saturated carbocycles. The molecular weight excluding hydrogens is 291 g/mol. The predicted molar refractivity (Wildman–Crippen MR) is 56.1 cm³/mol. The zero-order chi connectivity index (χ0) is 15.8. The van der Waals surface area contributed by atoms with Crippen molar-refractivity contribution >= 4 is 0 Å². The molecule has 1 unspecified atom stereocenters. The molecule has 0 radical (unpaired) electrons. The number of hydrogen-bond donors (Lipinski definition) is 3. The highest BCUT2D eigenvalue weighted by molar-refractivity contribution is 5.29. The van der Waals surface area contributed by atoms with Gasteiger partial charge in [0, 0.05) is 0 Å². The van der Waals surface area contributed by atoms with E-state index in [9.17, 15) is 27.1 Å². The Morgan fingerprint density at radius 2 is 1.45 bits per heavy atom. The molecule has 0 aliphatic rings. The number of aliphatic hydroxyl groups excluding tert-OH is 1. The first kappa shape index (κ1) is 16.6. The number of hydrogen-bond acceptors (Lipinski definition) is 4. The van der Waals surface area contributed by atoms with E-state index in [1.807, 2.05) is 0 Å². The van der Waals surface area contributed by atoms with Gasteiger partial charge in [0.2, 0.25) is 0 Å². The summed E-state index contributed by atoms with van der Waals surface area (Å²) in [6, 6.07) is 4.00. The lowest BCUT2D eigenvalue weighted by molar-refractivity contribution is -0.430. The zero-order valence-corrected chi connectivity index (χ0v) is 10.0. The van der Waals surface area contributed by atoms with E-state index in [2.05, 4.69) is 0 Å². The Labute approximate surface area is 110 Å². The van der Waals surface area contributed by atoms with E-state index in [0.29, 0.717) is 0 Å². The number of aliphatic hydroxyl groups is 3. The average molecular weight is 302 g/mol. The molecular formula is C11H11F5O4. The summed E-state index contributed by atoms with van der Waals surface area (Å²) in [4.78, 5) is 0. The molecule has 20 heavy (non-hydrogen) atoms. The van der Waals surface area contributed by atoms with Crippen LogP contribution in [-0.2, 0) is 0 Å². The van der Waals surface area contributed by atoms with Crippen molar-refractivity contribution in [3.8, 4) is 5.75 Å². The summed E-state index contributed by atoms with van der Waals surface area (Å²) in [7, 11) is 1.27. The summed E-state index contributed by atoms with van der Waals surface area (Å²) >= 11 is 0. The molecule has 1 aromatic carbocycles. The SMILES string of the molecule is COc1ccc(C(O)C(F)(F)C(O)(O)C(F)(F)F)cc1. The lowest BCUT2D eigenvalue weighted by Gasteiger charge is -2.35. The third-order valence-corrected chi connectivity index (χ3v) is 2.64. The van der Waals surface area contributed by atoms with Crippen LogP contribution in [0, 0.1) is 0 Å². The standard InChI is InChI=1S/C11H11F5O4/c1-20-7-4-2-6(3-5-7)8(17)9(12,13)10(18,19)11(14,15)16/h2-5,8,17-19H,1H3. The topological polar surface area (TPSA) is 69.9 Å². The molecule has 0 saturated heterocycles. The fourth-order valence-electron chi connectivity index (χ4n) is 1.38. The molecule has 0 bridgehead atoms. The first-order valence-electron chi connectivity index (χ1n) is 5.16. The van der Waals surface area contributed by atoms with Crippen LogP contribution in [0.5, 0.6) is 5.75 Å². The molecule has 0 amide bonds. The summed E-state index contributed by atoms with van der Waals surface area (Å²) in [5.74, 6) is -10.4. The van der Waals surface area contributed by atoms with Crippen molar-refractivity contribution in [3.63, 3.8) is 0 Å². The molecule has 0 aliphatic carbocycles. The lowest BCUT2D eigenvalue weighted by atomic mass is 9.96. The number of rotatable bonds is 4. The Balaban J connectivity index is 3.13. The molecule has 4 nitrogen and oxygen atoms in total. The maximum absolute atomic E-state index is 13.5. The van der Waals surface area contributed by atoms with Crippen molar-refractivity contribution in [2.75, 3.05) is 7.11 Å². The van der Waals surface area contributed by atoms with E-state index in [1.165, 1.54) is 7.11 Å². The molecule has 1 atom stereocenters. The molecule has 0 fully saturated rings. The van der Waals surface area contributed by atoms with E-state index in [1.54, 1.807) is 0 Å². The summed E-state index contributed by atoms with van der Waals surface area (Å²) in [5.41, 5.74) is -0.632. The van der Waals surface area contributed by atoms with Gasteiger partial charge in [-0.25, -0.2) is 0 Å². The maximum Gasteiger partial charge on any atom is 0.449 e. The van der Waals surface area contributed by atoms with Crippen molar-refractivity contribution < 1.29 is 42.0 Å². The highest BCUT2D eigenvalue weighted by Gasteiger charge is 2.71. The van der Waals surface area contributed by atoms with Crippen LogP contribution < -0.4 is 4.74 Å². The van der Waals surface area contributed by atoms with Gasteiger partial charge < -0.3 is 20.1 Å². The summed E-state index contributed by atoms with van der Waals surface area (Å²) in [5, 5.41) is 26.5. The lowest BCUT2D eigenvalue weighted by Crippen LogP contribution is -2.61. The van der Waals surface area contributed by atoms with Gasteiger partial charge in [0.1, 0.15) is 11.9 Å². The number of benzene rings is 1. The fourth-order valence-corrected chi connectivity index (χ4v) is 1.38. The number of halogens is 5. The van der Waals surface area contributed by atoms with Crippen LogP contribution in [0.4, 0.5) is 22.0 Å². The van der Waals surface area contributed by atoms with Gasteiger partial charge in [0.15, 0.2) is 0 Å². The Morgan fingerprint density at radius 3 is 1.80 bits per heavy atom. The van der Waals surface area contributed by atoms with E-state index >= 15 is 0 Å². The molecule has 114 valence electrons. The highest BCUT2D eigenvalue weighted by atomic mass is 19.4. The molecule has 0 aliphatic heterocycles. The van der Waals surface area contributed by atoms with E-state index < -0.39 is 29.6 Å². The van der Waals surface area contributed by atoms with Crippen molar-refractivity contribution in [2.45, 2.75) is 24.0 Å². The molecule has 9 heteroatoms. The van der Waals surface area contributed by atoms with Gasteiger partial charge >= 0.3 is 17.9 Å². The van der Waals surface area contributed by atoms with Gasteiger partial charge in [-0.05, 0) is 17.7 Å². The normalized spacial score (nSPS) is 15.1. The largest absolute Gasteiger partial charge is 0.497 e. The highest BCUT2D eigenvalue weighted by Crippen LogP contribution is 2.46. The van der Waals surface area contributed by atoms with Crippen molar-refractivity contribution in [2.24, 2.45) is 0 Å². The number of alkyl halides is 5. The fraction of sp³-hybridized carbons (Fsp3) is 0.455. The summed E-state index contributed by atoms with van der Waals surface area (Å²) in [6.45, 7) is 0. The quantitative estimate of drug-likeness (QED) is 0.584. The van der Waals surface area contributed by atoms with Crippen LogP contribution in [0.2, 0.25) is 0 Å². The second-order valence-corrected chi connectivity index (χ2v) is 3.97. The van der Waals surface area contributed by atoms with Crippen LogP contribution in [-0.4, -0.2) is 40.3 Å². The zero-order valence-electron chi connectivity index (χ0n) is 10.0. The van der Waals surface area contributed by atoms with Crippen LogP contribution in [0.15, 0.2) is 24.3 Å². The first-order valence-corrected chi connectivity index (χ1v) is 5.16. The average Bonchev–Trinajstić information content (AvgIpc) is 2.36. The second kappa shape index (κ2) is 5.15. The summed E-state index contributed by atoms with van der Waals surface area (Å²) < 4.78 is 68.3. The van der Waals surface area contributed by atoms with Gasteiger partial charge in [-0.1, -0.05) is 12.1 Å². The van der Waals surface area contributed by atoms with E-state index in [4.69, 9.17) is 14.9 Å². The third kappa shape index (κ3) is 2.69. The monoisotopic (exact) mass is 302 g/mol. The van der Waals surface area contributed by atoms with Crippen LogP contribution in [0.1, 0.15) is 11.7 Å². The molecule has 3 N–H and O–H groups in total. The molecule has 0 aromatic heterocycles. The predicted octanol–water partition coefficient (Wildman–Crippen LogP) is 1.61. The van der Waals surface area contributed by atoms with Crippen LogP contribution in [0.3, 0.4) is 0 Å². The Hall–Kier alpha value is -1.45. The molecule has 0 heterocycles. The minimum atomic E-state index is -6.04. The van der Waals surface area contributed by atoms with Crippen LogP contribution >= 0.6 is 0 Å². The van der Waals surface area contributed by atoms with Gasteiger partial charge in [0.25, 0.3) is 0 Å². The van der Waals surface area contributed by atoms with Crippen molar-refractivity contribution in [1.29, 1.82) is 0 Å². The third-order valence-electron chi connectivity index (χ3n) is 2.64. The van der Waals surface area contributed by atoms with Crippen molar-refractivity contribution in [3.05, 3.63) is 29.8 Å². The molecule has 1 aromatic rings. The van der Waals surface area contributed by atoms with Gasteiger partial charge in [-0.15, -0.1) is 0 Å². The van der Waals surface area contributed by atoms with E-state index in [0.717, 1.165) is 24.3 Å². The minimum absolute atomic E-state index is 0.222. The van der Waals surface area contributed by atoms with Gasteiger partial charge in [-0.2, -0.15) is 22.0 Å². The maximum atomic E-state index is 13.5. The smallest absolute Gasteiger partial charge is 0.449 e. The van der Waals surface area contributed by atoms with Crippen molar-refractivity contribution in [1.82, 2.24) is 0 Å². The molecule has 0 spiro atoms. The van der Waals surface area contributed by atoms with Gasteiger partial charge in [-0.3, -0.25) is 0 Å². The summed E-state index contributed by atoms with van der Waals surface area (Å²) in [6.07, 6.45) is -9.10. The molecule has 1 rings (SSSR count). The Kier molecular flexibility index (Phi) is 4.28. The first-order chi connectivity index (χ1) is 8.95. The van der Waals surface area contributed by atoms with E-state index in [-0.39, 0.29) is 5.75 Å².